The third-order valence-corrected chi connectivity index (χ3v) is 7.08. The van der Waals surface area contributed by atoms with Gasteiger partial charge in [-0.1, -0.05) is 26.0 Å². The molecule has 1 amide bonds. The van der Waals surface area contributed by atoms with Gasteiger partial charge in [-0.15, -0.1) is 0 Å². The van der Waals surface area contributed by atoms with E-state index in [2.05, 4.69) is 22.3 Å². The van der Waals surface area contributed by atoms with Gasteiger partial charge in [-0.25, -0.2) is 0 Å². The van der Waals surface area contributed by atoms with E-state index in [9.17, 15) is 9.59 Å². The van der Waals surface area contributed by atoms with Crippen molar-refractivity contribution >= 4 is 11.7 Å². The minimum absolute atomic E-state index is 0.0506. The van der Waals surface area contributed by atoms with Crippen molar-refractivity contribution in [1.29, 1.82) is 0 Å². The highest BCUT2D eigenvalue weighted by Crippen LogP contribution is 2.28. The molecule has 31 heavy (non-hydrogen) atoms. The number of nitrogens with two attached hydrogens (primary N) is 1. The number of nitrogens with zero attached hydrogens (tertiary/aromatic N) is 1. The summed E-state index contributed by atoms with van der Waals surface area (Å²) < 4.78 is 0. The Morgan fingerprint density at radius 3 is 2.48 bits per heavy atom. The van der Waals surface area contributed by atoms with Gasteiger partial charge in [-0.3, -0.25) is 9.59 Å². The minimum Gasteiger partial charge on any atom is -0.353 e. The first-order chi connectivity index (χ1) is 15.0. The zero-order chi connectivity index (χ0) is 22.2. The van der Waals surface area contributed by atoms with E-state index in [0.717, 1.165) is 63.2 Å². The fraction of sp³-hybridized carbons (Fsp3) is 0.692. The highest BCUT2D eigenvalue weighted by atomic mass is 16.1. The maximum atomic E-state index is 12.3. The van der Waals surface area contributed by atoms with Crippen LogP contribution in [0.4, 0.5) is 0 Å². The van der Waals surface area contributed by atoms with Gasteiger partial charge in [0.1, 0.15) is 0 Å². The number of carbonyl (C=O) groups is 2. The molecule has 3 N–H and O–H groups in total. The molecule has 0 unspecified atom stereocenters. The summed E-state index contributed by atoms with van der Waals surface area (Å²) in [5.74, 6) is 1.24. The number of nitrogens with one attached hydrogen (secondary N) is 1. The zero-order valence-electron chi connectivity index (χ0n) is 19.5. The maximum Gasteiger partial charge on any atom is 0.220 e. The topological polar surface area (TPSA) is 75.4 Å². The number of ketones is 1. The van der Waals surface area contributed by atoms with Gasteiger partial charge in [0, 0.05) is 37.0 Å². The van der Waals surface area contributed by atoms with Gasteiger partial charge in [0.15, 0.2) is 5.78 Å². The lowest BCUT2D eigenvalue weighted by molar-refractivity contribution is -0.122. The second kappa shape index (κ2) is 11.8. The summed E-state index contributed by atoms with van der Waals surface area (Å²) in [6.07, 6.45) is 9.35. The molecule has 172 valence electrons. The maximum absolute atomic E-state index is 12.3. The van der Waals surface area contributed by atoms with Crippen molar-refractivity contribution < 1.29 is 9.59 Å². The van der Waals surface area contributed by atoms with Crippen LogP contribution in [-0.4, -0.2) is 48.8 Å². The summed E-state index contributed by atoms with van der Waals surface area (Å²) in [6.45, 7) is 7.87. The number of fused-ring (bicyclic) bond motifs is 1. The predicted molar refractivity (Wildman–Crippen MR) is 126 cm³/mol. The molecule has 0 aromatic heterocycles. The van der Waals surface area contributed by atoms with E-state index in [1.165, 1.54) is 30.4 Å². The fourth-order valence-corrected chi connectivity index (χ4v) is 5.00. The number of amides is 1. The number of carbonyl (C=O) groups excluding carboxylic acids is 2. The zero-order valence-corrected chi connectivity index (χ0v) is 19.5. The van der Waals surface area contributed by atoms with Crippen LogP contribution in [0.3, 0.4) is 0 Å². The van der Waals surface area contributed by atoms with E-state index in [0.29, 0.717) is 19.0 Å². The minimum atomic E-state index is 0.0506. The molecule has 0 bridgehead atoms. The number of rotatable bonds is 9. The van der Waals surface area contributed by atoms with Crippen molar-refractivity contribution in [3.63, 3.8) is 0 Å². The first-order valence-electron chi connectivity index (χ1n) is 12.3. The van der Waals surface area contributed by atoms with Gasteiger partial charge in [0.2, 0.25) is 5.91 Å². The molecule has 0 saturated heterocycles. The van der Waals surface area contributed by atoms with E-state index in [1.54, 1.807) is 0 Å². The van der Waals surface area contributed by atoms with Gasteiger partial charge in [-0.05, 0) is 87.6 Å². The molecule has 0 radical (unpaired) electrons. The van der Waals surface area contributed by atoms with Crippen LogP contribution in [0, 0.1) is 11.8 Å². The Morgan fingerprint density at radius 2 is 1.81 bits per heavy atom. The summed E-state index contributed by atoms with van der Waals surface area (Å²) >= 11 is 0. The normalized spacial score (nSPS) is 22.1. The molecule has 1 heterocycles. The molecular formula is C26H41N3O2. The van der Waals surface area contributed by atoms with E-state index in [-0.39, 0.29) is 17.6 Å². The van der Waals surface area contributed by atoms with Crippen molar-refractivity contribution in [2.75, 3.05) is 26.2 Å². The molecule has 1 aromatic rings. The van der Waals surface area contributed by atoms with Crippen LogP contribution in [0.1, 0.15) is 80.3 Å². The first kappa shape index (κ1) is 23.9. The van der Waals surface area contributed by atoms with Gasteiger partial charge in [0.25, 0.3) is 0 Å². The van der Waals surface area contributed by atoms with Crippen LogP contribution < -0.4 is 11.1 Å². The van der Waals surface area contributed by atoms with Gasteiger partial charge in [-0.2, -0.15) is 0 Å². The first-order valence-corrected chi connectivity index (χ1v) is 12.3. The van der Waals surface area contributed by atoms with E-state index >= 15 is 0 Å². The Balaban J connectivity index is 1.40. The van der Waals surface area contributed by atoms with Crippen LogP contribution in [-0.2, 0) is 17.6 Å². The van der Waals surface area contributed by atoms with E-state index in [1.807, 2.05) is 19.9 Å². The molecule has 3 rings (SSSR count). The van der Waals surface area contributed by atoms with Crippen molar-refractivity contribution in [2.45, 2.75) is 77.7 Å². The Bertz CT molecular complexity index is 738. The van der Waals surface area contributed by atoms with Crippen LogP contribution in [0.25, 0.3) is 0 Å². The number of benzene rings is 1. The highest BCUT2D eigenvalue weighted by Gasteiger charge is 2.23. The molecule has 2 aliphatic rings. The molecule has 1 aliphatic carbocycles. The average Bonchev–Trinajstić information content (AvgIpc) is 2.98. The molecule has 0 atom stereocenters. The number of hydrogen-bond acceptors (Lipinski definition) is 4. The quantitative estimate of drug-likeness (QED) is 0.589. The van der Waals surface area contributed by atoms with Crippen LogP contribution in [0.15, 0.2) is 18.2 Å². The fourth-order valence-electron chi connectivity index (χ4n) is 5.00. The van der Waals surface area contributed by atoms with E-state index < -0.39 is 0 Å². The standard InChI is InChI=1S/C26H41N3O2/c1-19(2)26(31)23-8-7-21-12-16-29(17-13-22(21)18-23)15-11-20-5-9-24(10-6-20)28-25(30)4-3-14-27/h7-8,18-20,24H,3-6,9-17,27H2,1-2H3,(H,28,30). The molecular weight excluding hydrogens is 386 g/mol. The summed E-state index contributed by atoms with van der Waals surface area (Å²) in [5, 5.41) is 3.19. The summed E-state index contributed by atoms with van der Waals surface area (Å²) in [6, 6.07) is 6.70. The predicted octanol–water partition coefficient (Wildman–Crippen LogP) is 3.73. The Morgan fingerprint density at radius 1 is 1.10 bits per heavy atom. The van der Waals surface area contributed by atoms with Crippen molar-refractivity contribution in [3.05, 3.63) is 34.9 Å². The van der Waals surface area contributed by atoms with E-state index in [4.69, 9.17) is 5.73 Å². The van der Waals surface area contributed by atoms with Crippen molar-refractivity contribution in [2.24, 2.45) is 17.6 Å². The smallest absolute Gasteiger partial charge is 0.220 e. The lowest BCUT2D eigenvalue weighted by Crippen LogP contribution is -2.38. The van der Waals surface area contributed by atoms with Gasteiger partial charge >= 0.3 is 0 Å². The average molecular weight is 428 g/mol. The van der Waals surface area contributed by atoms with Gasteiger partial charge in [0.05, 0.1) is 0 Å². The van der Waals surface area contributed by atoms with Crippen LogP contribution in [0.5, 0.6) is 0 Å². The lowest BCUT2D eigenvalue weighted by atomic mass is 9.84. The largest absolute Gasteiger partial charge is 0.353 e. The van der Waals surface area contributed by atoms with Gasteiger partial charge < -0.3 is 16.0 Å². The molecule has 1 aliphatic heterocycles. The molecule has 5 nitrogen and oxygen atoms in total. The third-order valence-electron chi connectivity index (χ3n) is 7.08. The second-order valence-corrected chi connectivity index (χ2v) is 9.81. The highest BCUT2D eigenvalue weighted by molar-refractivity contribution is 5.97. The molecule has 5 heteroatoms. The SMILES string of the molecule is CC(C)C(=O)c1ccc2c(c1)CCN(CCC1CCC(NC(=O)CCCN)CC1)CC2. The molecule has 1 aromatic carbocycles. The molecule has 0 spiro atoms. The summed E-state index contributed by atoms with van der Waals surface area (Å²) in [5.41, 5.74) is 9.13. The van der Waals surface area contributed by atoms with Crippen LogP contribution in [0.2, 0.25) is 0 Å². The second-order valence-electron chi connectivity index (χ2n) is 9.81. The third kappa shape index (κ3) is 7.15. The van der Waals surface area contributed by atoms with Crippen molar-refractivity contribution in [1.82, 2.24) is 10.2 Å². The Labute approximate surface area is 188 Å². The lowest BCUT2D eigenvalue weighted by Gasteiger charge is -2.30. The summed E-state index contributed by atoms with van der Waals surface area (Å²) in [4.78, 5) is 26.9. The molecule has 1 fully saturated rings. The van der Waals surface area contributed by atoms with Crippen molar-refractivity contribution in [3.8, 4) is 0 Å². The monoisotopic (exact) mass is 427 g/mol. The summed E-state index contributed by atoms with van der Waals surface area (Å²) in [7, 11) is 0. The molecule has 1 saturated carbocycles. The number of hydrogen-bond donors (Lipinski definition) is 2. The van der Waals surface area contributed by atoms with Crippen LogP contribution >= 0.6 is 0 Å². The number of Topliss-reactive ketones (excluding diaryl/α,β-unsaturated/α-hetero) is 1. The Hall–Kier alpha value is -1.72. The Kier molecular flexibility index (Phi) is 9.09.